The summed E-state index contributed by atoms with van der Waals surface area (Å²) < 4.78 is 0. The minimum atomic E-state index is 0.779. The number of hydrogen-bond donors (Lipinski definition) is 0. The van der Waals surface area contributed by atoms with E-state index in [1.54, 1.807) is 0 Å². The van der Waals surface area contributed by atoms with Crippen LogP contribution in [-0.4, -0.2) is 15.7 Å². The predicted octanol–water partition coefficient (Wildman–Crippen LogP) is 10.3. The molecule has 2 heteroatoms. The van der Waals surface area contributed by atoms with Gasteiger partial charge in [-0.1, -0.05) is 163 Å². The number of rotatable bonds is 4. The van der Waals surface area contributed by atoms with E-state index in [0.29, 0.717) is 0 Å². The predicted molar refractivity (Wildman–Crippen MR) is 205 cm³/mol. The summed E-state index contributed by atoms with van der Waals surface area (Å²) in [5.41, 5.74) is 12.2. The van der Waals surface area contributed by atoms with Crippen molar-refractivity contribution in [1.29, 1.82) is 0 Å². The van der Waals surface area contributed by atoms with E-state index in [2.05, 4.69) is 159 Å². The Kier molecular flexibility index (Phi) is 6.34. The molecule has 9 aromatic carbocycles. The molecule has 0 aliphatic rings. The zero-order valence-corrected chi connectivity index (χ0v) is 26.1. The highest BCUT2D eigenvalue weighted by molar-refractivity contribution is 6.49. The summed E-state index contributed by atoms with van der Waals surface area (Å²) in [4.78, 5) is 0. The maximum atomic E-state index is 7.07. The molecule has 214 valence electrons. The van der Waals surface area contributed by atoms with Crippen molar-refractivity contribution in [2.45, 2.75) is 6.92 Å². The molecule has 0 heterocycles. The lowest BCUT2D eigenvalue weighted by Gasteiger charge is -2.24. The van der Waals surface area contributed by atoms with Crippen molar-refractivity contribution < 1.29 is 0 Å². The molecule has 9 aromatic rings. The van der Waals surface area contributed by atoms with Gasteiger partial charge in [0.05, 0.1) is 0 Å². The van der Waals surface area contributed by atoms with Gasteiger partial charge in [0.25, 0.3) is 0 Å². The third kappa shape index (κ3) is 4.18. The lowest BCUT2D eigenvalue weighted by molar-refractivity contribution is 1.55. The van der Waals surface area contributed by atoms with Gasteiger partial charge in [0.2, 0.25) is 0 Å². The molecule has 0 N–H and O–H groups in total. The highest BCUT2D eigenvalue weighted by Crippen LogP contribution is 2.49. The molecule has 0 fully saturated rings. The van der Waals surface area contributed by atoms with Gasteiger partial charge in [-0.2, -0.15) is 0 Å². The minimum absolute atomic E-state index is 0.779. The first-order valence-corrected chi connectivity index (χ1v) is 16.1. The van der Waals surface area contributed by atoms with Gasteiger partial charge >= 0.3 is 0 Å². The van der Waals surface area contributed by atoms with Crippen LogP contribution in [0.1, 0.15) is 5.56 Å². The molecule has 47 heavy (non-hydrogen) atoms. The number of fused-ring (bicyclic) bond motifs is 2. The lowest BCUT2D eigenvalue weighted by Crippen LogP contribution is -2.09. The molecule has 9 rings (SSSR count). The van der Waals surface area contributed by atoms with Gasteiger partial charge in [-0.3, -0.25) is 0 Å². The highest BCUT2D eigenvalue weighted by Gasteiger charge is 2.23. The third-order valence-corrected chi connectivity index (χ3v) is 9.88. The fourth-order valence-corrected chi connectivity index (χ4v) is 7.83. The monoisotopic (exact) mass is 590 g/mol. The summed E-state index contributed by atoms with van der Waals surface area (Å²) in [6.07, 6.45) is 0. The second kappa shape index (κ2) is 10.7. The van der Waals surface area contributed by atoms with Crippen LogP contribution in [0.5, 0.6) is 0 Å². The van der Waals surface area contributed by atoms with E-state index in [1.807, 2.05) is 0 Å². The van der Waals surface area contributed by atoms with Crippen LogP contribution >= 0.6 is 0 Å². The molecule has 0 aromatic heterocycles. The molecule has 0 unspecified atom stereocenters. The Hall–Kier alpha value is -5.59. The third-order valence-electron chi connectivity index (χ3n) is 9.88. The second-order valence-corrected chi connectivity index (χ2v) is 12.5. The summed E-state index contributed by atoms with van der Waals surface area (Å²) in [6.45, 7) is 2.17. The normalized spacial score (nSPS) is 11.7. The van der Waals surface area contributed by atoms with E-state index < -0.39 is 0 Å². The highest BCUT2D eigenvalue weighted by atomic mass is 14.3. The van der Waals surface area contributed by atoms with Crippen molar-refractivity contribution in [3.05, 3.63) is 157 Å². The average Bonchev–Trinajstić information content (AvgIpc) is 3.12. The Balaban J connectivity index is 1.50. The van der Waals surface area contributed by atoms with E-state index in [9.17, 15) is 0 Å². The number of benzene rings is 9. The van der Waals surface area contributed by atoms with Crippen LogP contribution in [0.2, 0.25) is 0 Å². The standard InChI is InChI=1S/C45H28B2/c1-27-20-21-37-42-34(32-18-10-8-16-30(32)28-12-4-2-5-13-28)22-23-35-39(46)25-24-36(43(35)42)44-38(26-40(47)41(27)45(37)44)33-19-11-9-17-31(33)29-14-6-3-7-15-29/h2-26H,1H3. The van der Waals surface area contributed by atoms with Crippen LogP contribution in [0, 0.1) is 6.92 Å². The minimum Gasteiger partial charge on any atom is -0.0889 e. The van der Waals surface area contributed by atoms with Crippen LogP contribution < -0.4 is 10.9 Å². The van der Waals surface area contributed by atoms with Gasteiger partial charge < -0.3 is 0 Å². The second-order valence-electron chi connectivity index (χ2n) is 12.5. The molecule has 0 spiro atoms. The van der Waals surface area contributed by atoms with Gasteiger partial charge in [0.1, 0.15) is 15.7 Å². The van der Waals surface area contributed by atoms with Crippen molar-refractivity contribution in [1.82, 2.24) is 0 Å². The molecular formula is C45H28B2. The molecule has 0 amide bonds. The van der Waals surface area contributed by atoms with Crippen LogP contribution in [0.3, 0.4) is 0 Å². The molecular weight excluding hydrogens is 562 g/mol. The average molecular weight is 590 g/mol. The molecule has 0 saturated heterocycles. The van der Waals surface area contributed by atoms with Crippen LogP contribution in [0.15, 0.2) is 152 Å². The molecule has 4 radical (unpaired) electrons. The van der Waals surface area contributed by atoms with Crippen LogP contribution in [-0.2, 0) is 0 Å². The molecule has 0 aliphatic carbocycles. The Morgan fingerprint density at radius 2 is 0.809 bits per heavy atom. The van der Waals surface area contributed by atoms with Gasteiger partial charge in [0.15, 0.2) is 0 Å². The Bertz CT molecular complexity index is 2640. The van der Waals surface area contributed by atoms with Crippen molar-refractivity contribution in [3.63, 3.8) is 0 Å². The van der Waals surface area contributed by atoms with Gasteiger partial charge in [-0.15, -0.1) is 0 Å². The van der Waals surface area contributed by atoms with Crippen molar-refractivity contribution >= 4 is 69.7 Å². The Labute approximate surface area is 277 Å². The first kappa shape index (κ1) is 27.7. The van der Waals surface area contributed by atoms with E-state index in [-0.39, 0.29) is 0 Å². The lowest BCUT2D eigenvalue weighted by atomic mass is 9.75. The maximum Gasteiger partial charge on any atom is 0.114 e. The largest absolute Gasteiger partial charge is 0.114 e. The van der Waals surface area contributed by atoms with Crippen LogP contribution in [0.25, 0.3) is 87.6 Å². The fraction of sp³-hybridized carbons (Fsp3) is 0.0222. The summed E-state index contributed by atoms with van der Waals surface area (Å²) in [5, 5.41) is 9.35. The van der Waals surface area contributed by atoms with E-state index in [4.69, 9.17) is 15.7 Å². The SMILES string of the molecule is [B]c1ccc2c3c(-c4ccccc4-c4ccccc4)cc([B])c4c(C)ccc(c5c(-c6ccccc6-c6ccccc6)ccc1c25)c43. The molecule has 0 bridgehead atoms. The summed E-state index contributed by atoms with van der Waals surface area (Å²) in [6, 6.07) is 54.1. The van der Waals surface area contributed by atoms with Crippen molar-refractivity contribution in [2.24, 2.45) is 0 Å². The van der Waals surface area contributed by atoms with Crippen molar-refractivity contribution in [3.8, 4) is 44.5 Å². The fourth-order valence-electron chi connectivity index (χ4n) is 7.83. The Morgan fingerprint density at radius 3 is 1.45 bits per heavy atom. The Morgan fingerprint density at radius 1 is 0.319 bits per heavy atom. The number of hydrogen-bond acceptors (Lipinski definition) is 0. The smallest absolute Gasteiger partial charge is 0.0889 e. The molecule has 0 aliphatic heterocycles. The van der Waals surface area contributed by atoms with Gasteiger partial charge in [-0.05, 0) is 100 Å². The van der Waals surface area contributed by atoms with Gasteiger partial charge in [0, 0.05) is 0 Å². The van der Waals surface area contributed by atoms with Crippen molar-refractivity contribution in [2.75, 3.05) is 0 Å². The summed E-state index contributed by atoms with van der Waals surface area (Å²) >= 11 is 0. The maximum absolute atomic E-state index is 7.07. The number of aryl methyl sites for hydroxylation is 1. The summed E-state index contributed by atoms with van der Waals surface area (Å²) in [5.74, 6) is 0. The van der Waals surface area contributed by atoms with E-state index in [1.165, 1.54) is 71.3 Å². The first-order chi connectivity index (χ1) is 23.1. The van der Waals surface area contributed by atoms with Crippen LogP contribution in [0.4, 0.5) is 0 Å². The summed E-state index contributed by atoms with van der Waals surface area (Å²) in [7, 11) is 13.8. The first-order valence-electron chi connectivity index (χ1n) is 16.1. The quantitative estimate of drug-likeness (QED) is 0.109. The molecule has 0 nitrogen and oxygen atoms in total. The topological polar surface area (TPSA) is 0 Å². The van der Waals surface area contributed by atoms with Gasteiger partial charge in [-0.25, -0.2) is 0 Å². The molecule has 0 atom stereocenters. The molecule has 0 saturated carbocycles. The van der Waals surface area contributed by atoms with E-state index in [0.717, 1.165) is 32.8 Å². The zero-order chi connectivity index (χ0) is 31.6. The zero-order valence-electron chi connectivity index (χ0n) is 26.1. The van der Waals surface area contributed by atoms with E-state index >= 15 is 0 Å².